The summed E-state index contributed by atoms with van der Waals surface area (Å²) in [4.78, 5) is 39.1. The number of nitrogens with zero attached hydrogens (tertiary/aromatic N) is 2. The quantitative estimate of drug-likeness (QED) is 0.545. The first-order chi connectivity index (χ1) is 11.9. The van der Waals surface area contributed by atoms with Gasteiger partial charge in [-0.3, -0.25) is 0 Å². The van der Waals surface area contributed by atoms with Crippen LogP contribution in [0.25, 0.3) is 0 Å². The SMILES string of the molecule is CC(C)(C)OC(=O)N1CCC[C@H]1C1[Se][C@H](C(C)(C)C)N(C=O)C1C(=O)O. The molecule has 0 radical (unpaired) electrons. The van der Waals surface area contributed by atoms with Gasteiger partial charge in [-0.1, -0.05) is 0 Å². The first-order valence-corrected chi connectivity index (χ1v) is 11.0. The molecule has 2 aliphatic heterocycles. The van der Waals surface area contributed by atoms with Gasteiger partial charge in [0.2, 0.25) is 0 Å². The minimum absolute atomic E-state index is 0.111. The third-order valence-corrected chi connectivity index (χ3v) is 9.01. The van der Waals surface area contributed by atoms with E-state index < -0.39 is 23.7 Å². The number of amides is 2. The van der Waals surface area contributed by atoms with Gasteiger partial charge in [0.25, 0.3) is 0 Å². The van der Waals surface area contributed by atoms with Crippen molar-refractivity contribution in [3.8, 4) is 0 Å². The Morgan fingerprint density at radius 3 is 2.27 bits per heavy atom. The Balaban J connectivity index is 2.30. The van der Waals surface area contributed by atoms with E-state index >= 15 is 0 Å². The molecular formula is C18H30N2O5Se. The van der Waals surface area contributed by atoms with Crippen LogP contribution in [0.2, 0.25) is 4.82 Å². The average molecular weight is 433 g/mol. The molecule has 2 unspecified atom stereocenters. The molecule has 7 nitrogen and oxygen atoms in total. The van der Waals surface area contributed by atoms with Gasteiger partial charge in [-0.05, 0) is 0 Å². The van der Waals surface area contributed by atoms with Crippen LogP contribution < -0.4 is 0 Å². The molecule has 0 aromatic heterocycles. The first kappa shape index (κ1) is 21.0. The minimum atomic E-state index is -0.994. The Labute approximate surface area is 161 Å². The van der Waals surface area contributed by atoms with Gasteiger partial charge < -0.3 is 0 Å². The van der Waals surface area contributed by atoms with Gasteiger partial charge in [-0.25, -0.2) is 0 Å². The van der Waals surface area contributed by atoms with Gasteiger partial charge in [0.15, 0.2) is 0 Å². The molecule has 0 aliphatic carbocycles. The Morgan fingerprint density at radius 2 is 1.81 bits per heavy atom. The molecule has 0 saturated carbocycles. The van der Waals surface area contributed by atoms with Crippen molar-refractivity contribution in [2.24, 2.45) is 5.41 Å². The summed E-state index contributed by atoms with van der Waals surface area (Å²) in [5, 5.41) is 9.82. The zero-order chi connectivity index (χ0) is 19.9. The second kappa shape index (κ2) is 7.39. The van der Waals surface area contributed by atoms with E-state index in [2.05, 4.69) is 0 Å². The standard InChI is InChI=1S/C18H30N2O5Se/c1-17(2,3)15-20(10-21)12(14(22)23)13(26-15)11-8-7-9-19(11)16(24)25-18(4,5)6/h10-13,15H,7-9H2,1-6H3,(H,22,23)/t11-,12?,13?,15+/m0/s1. The molecule has 0 spiro atoms. The maximum absolute atomic E-state index is 12.6. The van der Waals surface area contributed by atoms with Crippen LogP contribution in [0.15, 0.2) is 0 Å². The van der Waals surface area contributed by atoms with Gasteiger partial charge in [0, 0.05) is 0 Å². The van der Waals surface area contributed by atoms with E-state index in [0.29, 0.717) is 13.0 Å². The molecule has 2 rings (SSSR count). The average Bonchev–Trinajstić information content (AvgIpc) is 3.08. The summed E-state index contributed by atoms with van der Waals surface area (Å²) >= 11 is -0.114. The van der Waals surface area contributed by atoms with Crippen molar-refractivity contribution in [1.29, 1.82) is 0 Å². The summed E-state index contributed by atoms with van der Waals surface area (Å²) in [6.07, 6.45) is 1.85. The van der Waals surface area contributed by atoms with E-state index in [1.54, 1.807) is 4.90 Å². The van der Waals surface area contributed by atoms with Gasteiger partial charge in [0.1, 0.15) is 0 Å². The van der Waals surface area contributed by atoms with Crippen LogP contribution in [0, 0.1) is 5.41 Å². The van der Waals surface area contributed by atoms with Crippen molar-refractivity contribution in [2.45, 2.75) is 81.8 Å². The number of aliphatic carboxylic acids is 1. The van der Waals surface area contributed by atoms with Crippen LogP contribution in [-0.2, 0) is 14.3 Å². The monoisotopic (exact) mass is 434 g/mol. The number of rotatable bonds is 3. The molecule has 0 aromatic carbocycles. The summed E-state index contributed by atoms with van der Waals surface area (Å²) in [6.45, 7) is 12.1. The Hall–Kier alpha value is -1.27. The van der Waals surface area contributed by atoms with Crippen LogP contribution in [0.4, 0.5) is 4.79 Å². The number of carbonyl (C=O) groups is 3. The van der Waals surface area contributed by atoms with Crippen LogP contribution in [-0.4, -0.2) is 77.5 Å². The summed E-state index contributed by atoms with van der Waals surface area (Å²) in [5.41, 5.74) is -0.807. The van der Waals surface area contributed by atoms with Crippen molar-refractivity contribution in [2.75, 3.05) is 6.54 Å². The fraction of sp³-hybridized carbons (Fsp3) is 0.833. The van der Waals surface area contributed by atoms with Crippen molar-refractivity contribution in [3.05, 3.63) is 0 Å². The Kier molecular flexibility index (Phi) is 5.98. The normalized spacial score (nSPS) is 29.8. The summed E-state index contributed by atoms with van der Waals surface area (Å²) in [6, 6.07) is -1.08. The van der Waals surface area contributed by atoms with E-state index in [1.165, 1.54) is 4.90 Å². The van der Waals surface area contributed by atoms with E-state index in [0.717, 1.165) is 12.8 Å². The number of hydrogen-bond donors (Lipinski definition) is 1. The predicted molar refractivity (Wildman–Crippen MR) is 98.0 cm³/mol. The van der Waals surface area contributed by atoms with Crippen molar-refractivity contribution < 1.29 is 24.2 Å². The van der Waals surface area contributed by atoms with Gasteiger partial charge in [-0.15, -0.1) is 0 Å². The van der Waals surface area contributed by atoms with Crippen molar-refractivity contribution >= 4 is 33.4 Å². The molecule has 2 amide bonds. The van der Waals surface area contributed by atoms with E-state index in [9.17, 15) is 19.5 Å². The van der Waals surface area contributed by atoms with E-state index in [1.807, 2.05) is 41.5 Å². The van der Waals surface area contributed by atoms with Crippen LogP contribution >= 0.6 is 0 Å². The summed E-state index contributed by atoms with van der Waals surface area (Å²) < 4.78 is 5.52. The molecule has 0 bridgehead atoms. The van der Waals surface area contributed by atoms with Gasteiger partial charge in [-0.2, -0.15) is 0 Å². The molecular weight excluding hydrogens is 403 g/mol. The summed E-state index contributed by atoms with van der Waals surface area (Å²) in [7, 11) is 0. The third kappa shape index (κ3) is 4.34. The molecule has 4 atom stereocenters. The number of carboxylic acids is 1. The van der Waals surface area contributed by atoms with Gasteiger partial charge >= 0.3 is 161 Å². The zero-order valence-corrected chi connectivity index (χ0v) is 18.1. The molecule has 8 heteroatoms. The van der Waals surface area contributed by atoms with Gasteiger partial charge in [0.05, 0.1) is 0 Å². The van der Waals surface area contributed by atoms with E-state index in [-0.39, 0.29) is 36.2 Å². The summed E-state index contributed by atoms with van der Waals surface area (Å²) in [5.74, 6) is -0.994. The Morgan fingerprint density at radius 1 is 1.19 bits per heavy atom. The topological polar surface area (TPSA) is 87.2 Å². The maximum atomic E-state index is 12.6. The fourth-order valence-electron chi connectivity index (χ4n) is 3.63. The molecule has 2 aliphatic rings. The molecule has 148 valence electrons. The van der Waals surface area contributed by atoms with E-state index in [4.69, 9.17) is 4.74 Å². The van der Waals surface area contributed by atoms with Crippen LogP contribution in [0.5, 0.6) is 0 Å². The molecule has 0 aromatic rings. The zero-order valence-electron chi connectivity index (χ0n) is 16.4. The van der Waals surface area contributed by atoms with Crippen LogP contribution in [0.3, 0.4) is 0 Å². The second-order valence-corrected chi connectivity index (χ2v) is 11.7. The van der Waals surface area contributed by atoms with Crippen molar-refractivity contribution in [1.82, 2.24) is 9.80 Å². The van der Waals surface area contributed by atoms with Crippen molar-refractivity contribution in [3.63, 3.8) is 0 Å². The molecule has 2 fully saturated rings. The number of carbonyl (C=O) groups excluding carboxylic acids is 2. The Bertz CT molecular complexity index is 569. The fourth-order valence-corrected chi connectivity index (χ4v) is 7.61. The molecule has 26 heavy (non-hydrogen) atoms. The number of carboxylic acid groups (broad SMARTS) is 1. The molecule has 1 N–H and O–H groups in total. The second-order valence-electron chi connectivity index (χ2n) is 9.04. The molecule has 2 saturated heterocycles. The number of hydrogen-bond acceptors (Lipinski definition) is 4. The molecule has 2 heterocycles. The van der Waals surface area contributed by atoms with Crippen LogP contribution in [0.1, 0.15) is 54.4 Å². The first-order valence-electron chi connectivity index (χ1n) is 8.97. The number of likely N-dealkylation sites (tertiary alicyclic amines) is 1. The number of ether oxygens (including phenoxy) is 1. The predicted octanol–water partition coefficient (Wildman–Crippen LogP) is 2.18. The third-order valence-electron chi connectivity index (χ3n) is 4.61.